The van der Waals surface area contributed by atoms with Crippen LogP contribution in [0.1, 0.15) is 45.2 Å². The van der Waals surface area contributed by atoms with Crippen molar-refractivity contribution in [1.29, 1.82) is 5.26 Å². The Morgan fingerprint density at radius 1 is 1.46 bits per heavy atom. The van der Waals surface area contributed by atoms with Crippen LogP contribution in [0.25, 0.3) is 0 Å². The third-order valence-corrected chi connectivity index (χ3v) is 4.12. The van der Waals surface area contributed by atoms with Crippen LogP contribution in [0.2, 0.25) is 0 Å². The van der Waals surface area contributed by atoms with Gasteiger partial charge in [-0.25, -0.2) is 14.2 Å². The molecule has 1 unspecified atom stereocenters. The summed E-state index contributed by atoms with van der Waals surface area (Å²) in [5.74, 6) is 0.266. The van der Waals surface area contributed by atoms with Gasteiger partial charge in [0, 0.05) is 25.2 Å². The Bertz CT molecular complexity index is 767. The minimum Gasteiger partial charge on any atom is -0.444 e. The summed E-state index contributed by atoms with van der Waals surface area (Å²) in [7, 11) is 0. The molecule has 0 aliphatic carbocycles. The van der Waals surface area contributed by atoms with Gasteiger partial charge in [-0.15, -0.1) is 0 Å². The molecular weight excluding hydrogens is 361 g/mol. The molecule has 0 radical (unpaired) electrons. The first-order valence-electron chi connectivity index (χ1n) is 9.43. The topological polar surface area (TPSA) is 89.8 Å². The Labute approximate surface area is 165 Å². The normalized spacial score (nSPS) is 17.2. The molecule has 1 atom stereocenters. The van der Waals surface area contributed by atoms with Crippen molar-refractivity contribution in [3.8, 4) is 6.07 Å². The number of nitrogens with zero attached hydrogens (tertiary/aromatic N) is 3. The lowest BCUT2D eigenvalue weighted by atomic mass is 10.1. The molecule has 1 aliphatic rings. The van der Waals surface area contributed by atoms with E-state index in [1.54, 1.807) is 0 Å². The summed E-state index contributed by atoms with van der Waals surface area (Å²) >= 11 is 0. The first-order valence-corrected chi connectivity index (χ1v) is 9.43. The fourth-order valence-electron chi connectivity index (χ4n) is 2.90. The second-order valence-electron chi connectivity index (χ2n) is 7.67. The lowest BCUT2D eigenvalue weighted by molar-refractivity contribution is 0.0507. The van der Waals surface area contributed by atoms with E-state index < -0.39 is 11.7 Å². The van der Waals surface area contributed by atoms with Gasteiger partial charge in [-0.3, -0.25) is 0 Å². The molecule has 0 saturated carbocycles. The summed E-state index contributed by atoms with van der Waals surface area (Å²) in [6, 6.07) is 6.21. The van der Waals surface area contributed by atoms with Crippen LogP contribution in [0.5, 0.6) is 0 Å². The summed E-state index contributed by atoms with van der Waals surface area (Å²) in [5.41, 5.74) is 0.234. The van der Waals surface area contributed by atoms with Gasteiger partial charge in [0.15, 0.2) is 5.96 Å². The highest BCUT2D eigenvalue weighted by Crippen LogP contribution is 2.14. The number of hydrogen-bond acceptors (Lipinski definition) is 4. The maximum atomic E-state index is 14.0. The van der Waals surface area contributed by atoms with Crippen LogP contribution in [0.3, 0.4) is 0 Å². The number of ether oxygens (including phenoxy) is 1. The summed E-state index contributed by atoms with van der Waals surface area (Å²) in [5, 5.41) is 15.1. The van der Waals surface area contributed by atoms with Crippen LogP contribution in [-0.4, -0.2) is 48.2 Å². The highest BCUT2D eigenvalue weighted by Gasteiger charge is 2.27. The van der Waals surface area contributed by atoms with E-state index in [1.165, 1.54) is 18.2 Å². The molecule has 2 rings (SSSR count). The lowest BCUT2D eigenvalue weighted by Gasteiger charge is -2.23. The zero-order chi connectivity index (χ0) is 20.7. The zero-order valence-corrected chi connectivity index (χ0v) is 16.9. The Hall–Kier alpha value is -2.82. The Kier molecular flexibility index (Phi) is 7.21. The molecular formula is C20H28FN5O2. The standard InChI is InChI=1S/C20H28FN5O2/c1-5-23-18(24-12-15-10-14(11-22)6-7-17(15)21)26-9-8-16(13-26)25-19(27)28-20(2,3)4/h6-7,10,16H,5,8-9,12-13H2,1-4H3,(H,23,24)(H,25,27). The van der Waals surface area contributed by atoms with E-state index >= 15 is 0 Å². The molecule has 0 bridgehead atoms. The summed E-state index contributed by atoms with van der Waals surface area (Å²) in [6.07, 6.45) is 0.332. The summed E-state index contributed by atoms with van der Waals surface area (Å²) in [4.78, 5) is 18.5. The van der Waals surface area contributed by atoms with Gasteiger partial charge < -0.3 is 20.3 Å². The third-order valence-electron chi connectivity index (χ3n) is 4.12. The van der Waals surface area contributed by atoms with Crippen LogP contribution in [0, 0.1) is 17.1 Å². The summed E-state index contributed by atoms with van der Waals surface area (Å²) in [6.45, 7) is 9.53. The Balaban J connectivity index is 2.01. The van der Waals surface area contributed by atoms with Crippen molar-refractivity contribution in [2.45, 2.75) is 52.3 Å². The van der Waals surface area contributed by atoms with Crippen molar-refractivity contribution in [2.75, 3.05) is 19.6 Å². The van der Waals surface area contributed by atoms with Gasteiger partial charge in [-0.05, 0) is 52.3 Å². The average molecular weight is 389 g/mol. The highest BCUT2D eigenvalue weighted by atomic mass is 19.1. The number of carbonyl (C=O) groups is 1. The molecule has 1 fully saturated rings. The van der Waals surface area contributed by atoms with Crippen LogP contribution in [-0.2, 0) is 11.3 Å². The predicted octanol–water partition coefficient (Wildman–Crippen LogP) is 2.76. The van der Waals surface area contributed by atoms with Gasteiger partial charge in [0.2, 0.25) is 0 Å². The SMILES string of the molecule is CCNC(=NCc1cc(C#N)ccc1F)N1CCC(NC(=O)OC(C)(C)C)C1. The van der Waals surface area contributed by atoms with Crippen molar-refractivity contribution in [3.63, 3.8) is 0 Å². The third kappa shape index (κ3) is 6.41. The monoisotopic (exact) mass is 389 g/mol. The second kappa shape index (κ2) is 9.40. The van der Waals surface area contributed by atoms with E-state index in [-0.39, 0.29) is 18.4 Å². The average Bonchev–Trinajstić information content (AvgIpc) is 3.06. The molecule has 1 aliphatic heterocycles. The molecule has 2 N–H and O–H groups in total. The number of amides is 1. The summed E-state index contributed by atoms with van der Waals surface area (Å²) < 4.78 is 19.3. The van der Waals surface area contributed by atoms with E-state index in [9.17, 15) is 9.18 Å². The van der Waals surface area contributed by atoms with Crippen LogP contribution < -0.4 is 10.6 Å². The second-order valence-corrected chi connectivity index (χ2v) is 7.67. The smallest absolute Gasteiger partial charge is 0.407 e. The molecule has 1 heterocycles. The first kappa shape index (κ1) is 21.5. The fraction of sp³-hybridized carbons (Fsp3) is 0.550. The number of benzene rings is 1. The quantitative estimate of drug-likeness (QED) is 0.610. The van der Waals surface area contributed by atoms with E-state index in [4.69, 9.17) is 10.00 Å². The minimum absolute atomic E-state index is 0.0441. The van der Waals surface area contributed by atoms with Gasteiger partial charge in [0.25, 0.3) is 0 Å². The number of rotatable bonds is 4. The number of hydrogen-bond donors (Lipinski definition) is 2. The Morgan fingerprint density at radius 2 is 2.21 bits per heavy atom. The molecule has 0 spiro atoms. The number of likely N-dealkylation sites (tertiary alicyclic amines) is 1. The van der Waals surface area contributed by atoms with Crippen molar-refractivity contribution in [3.05, 3.63) is 35.1 Å². The van der Waals surface area contributed by atoms with E-state index in [2.05, 4.69) is 15.6 Å². The highest BCUT2D eigenvalue weighted by molar-refractivity contribution is 5.80. The van der Waals surface area contributed by atoms with E-state index in [0.29, 0.717) is 36.7 Å². The molecule has 1 saturated heterocycles. The van der Waals surface area contributed by atoms with Crippen molar-refractivity contribution < 1.29 is 13.9 Å². The van der Waals surface area contributed by atoms with Gasteiger partial charge >= 0.3 is 6.09 Å². The molecule has 1 aromatic carbocycles. The Morgan fingerprint density at radius 3 is 2.86 bits per heavy atom. The molecule has 152 valence electrons. The number of nitriles is 1. The largest absolute Gasteiger partial charge is 0.444 e. The van der Waals surface area contributed by atoms with E-state index in [0.717, 1.165) is 6.42 Å². The van der Waals surface area contributed by atoms with Gasteiger partial charge in [0.05, 0.1) is 24.2 Å². The number of carbonyl (C=O) groups excluding carboxylic acids is 1. The maximum Gasteiger partial charge on any atom is 0.407 e. The van der Waals surface area contributed by atoms with E-state index in [1.807, 2.05) is 38.7 Å². The number of guanidine groups is 1. The number of alkyl carbamates (subject to hydrolysis) is 1. The molecule has 28 heavy (non-hydrogen) atoms. The lowest BCUT2D eigenvalue weighted by Crippen LogP contribution is -2.44. The van der Waals surface area contributed by atoms with Gasteiger partial charge in [-0.1, -0.05) is 0 Å². The van der Waals surface area contributed by atoms with Crippen LogP contribution in [0.4, 0.5) is 9.18 Å². The molecule has 8 heteroatoms. The number of aliphatic imine (C=N–C) groups is 1. The molecule has 7 nitrogen and oxygen atoms in total. The molecule has 1 amide bonds. The molecule has 0 aromatic heterocycles. The van der Waals surface area contributed by atoms with Gasteiger partial charge in [-0.2, -0.15) is 5.26 Å². The van der Waals surface area contributed by atoms with Crippen molar-refractivity contribution in [2.24, 2.45) is 4.99 Å². The number of halogens is 1. The van der Waals surface area contributed by atoms with Crippen molar-refractivity contribution in [1.82, 2.24) is 15.5 Å². The zero-order valence-electron chi connectivity index (χ0n) is 16.9. The fourth-order valence-corrected chi connectivity index (χ4v) is 2.90. The molecule has 1 aromatic rings. The minimum atomic E-state index is -0.541. The number of nitrogens with one attached hydrogen (secondary N) is 2. The van der Waals surface area contributed by atoms with Gasteiger partial charge in [0.1, 0.15) is 11.4 Å². The van der Waals surface area contributed by atoms with Crippen molar-refractivity contribution >= 4 is 12.1 Å². The first-order chi connectivity index (χ1) is 13.2. The predicted molar refractivity (Wildman–Crippen MR) is 105 cm³/mol. The van der Waals surface area contributed by atoms with Crippen LogP contribution in [0.15, 0.2) is 23.2 Å². The maximum absolute atomic E-state index is 14.0. The van der Waals surface area contributed by atoms with Crippen LogP contribution >= 0.6 is 0 Å².